The Morgan fingerprint density at radius 1 is 1.37 bits per heavy atom. The molecule has 2 rings (SSSR count). The van der Waals surface area contributed by atoms with E-state index in [9.17, 15) is 8.42 Å². The normalized spacial score (nSPS) is 24.4. The largest absolute Gasteiger partial charge is 0.314 e. The minimum absolute atomic E-state index is 0.0350. The Kier molecular flexibility index (Phi) is 4.74. The quantitative estimate of drug-likeness (QED) is 0.898. The Hall–Kier alpha value is -0.330. The molecule has 1 aromatic carbocycles. The first kappa shape index (κ1) is 15.1. The van der Waals surface area contributed by atoms with Gasteiger partial charge in [-0.05, 0) is 38.4 Å². The van der Waals surface area contributed by atoms with E-state index in [0.29, 0.717) is 6.04 Å². The van der Waals surface area contributed by atoms with Gasteiger partial charge in [-0.2, -0.15) is 0 Å². The summed E-state index contributed by atoms with van der Waals surface area (Å²) >= 11 is 11.8. The van der Waals surface area contributed by atoms with Gasteiger partial charge in [0.1, 0.15) is 4.90 Å². The molecule has 1 heterocycles. The molecule has 1 aromatic rings. The molecule has 4 nitrogen and oxygen atoms in total. The molecule has 2 atom stereocenters. The third kappa shape index (κ3) is 3.61. The van der Waals surface area contributed by atoms with Crippen molar-refractivity contribution in [3.8, 4) is 0 Å². The standard InChI is InChI=1S/C12H16Cl2N2O2S/c1-8-7-9(5-6-15-8)16-19(17,18)11-4-2-3-10(13)12(11)14/h2-4,8-9,15-16H,5-7H2,1H3. The Morgan fingerprint density at radius 2 is 2.11 bits per heavy atom. The number of piperidine rings is 1. The zero-order valence-electron chi connectivity index (χ0n) is 10.5. The smallest absolute Gasteiger partial charge is 0.242 e. The van der Waals surface area contributed by atoms with Crippen molar-refractivity contribution in [2.45, 2.75) is 36.7 Å². The second-order valence-corrected chi connectivity index (χ2v) is 7.22. The van der Waals surface area contributed by atoms with E-state index in [1.54, 1.807) is 12.1 Å². The van der Waals surface area contributed by atoms with Crippen LogP contribution in [-0.4, -0.2) is 27.0 Å². The van der Waals surface area contributed by atoms with Crippen LogP contribution in [0.4, 0.5) is 0 Å². The molecule has 2 N–H and O–H groups in total. The third-order valence-corrected chi connectivity index (χ3v) is 5.64. The van der Waals surface area contributed by atoms with Crippen LogP contribution in [0.3, 0.4) is 0 Å². The molecular formula is C12H16Cl2N2O2S. The minimum atomic E-state index is -3.63. The fourth-order valence-electron chi connectivity index (χ4n) is 2.21. The van der Waals surface area contributed by atoms with Gasteiger partial charge in [0.05, 0.1) is 10.0 Å². The van der Waals surface area contributed by atoms with Crippen molar-refractivity contribution in [2.75, 3.05) is 6.54 Å². The molecule has 0 bridgehead atoms. The lowest BCUT2D eigenvalue weighted by atomic mass is 10.0. The fraction of sp³-hybridized carbons (Fsp3) is 0.500. The van der Waals surface area contributed by atoms with Gasteiger partial charge in [-0.3, -0.25) is 0 Å². The summed E-state index contributed by atoms with van der Waals surface area (Å²) in [6.07, 6.45) is 1.53. The Labute approximate surface area is 123 Å². The predicted octanol–water partition coefficient (Wildman–Crippen LogP) is 2.41. The molecule has 0 radical (unpaired) electrons. The summed E-state index contributed by atoms with van der Waals surface area (Å²) in [5, 5.41) is 3.58. The lowest BCUT2D eigenvalue weighted by Gasteiger charge is -2.28. The van der Waals surface area contributed by atoms with E-state index in [0.717, 1.165) is 19.4 Å². The minimum Gasteiger partial charge on any atom is -0.314 e. The number of benzene rings is 1. The van der Waals surface area contributed by atoms with Gasteiger partial charge >= 0.3 is 0 Å². The average molecular weight is 323 g/mol. The van der Waals surface area contributed by atoms with Crippen LogP contribution in [0, 0.1) is 0 Å². The summed E-state index contributed by atoms with van der Waals surface area (Å²) in [6, 6.07) is 4.83. The predicted molar refractivity (Wildman–Crippen MR) is 77.3 cm³/mol. The first-order valence-corrected chi connectivity index (χ1v) is 8.34. The van der Waals surface area contributed by atoms with Gasteiger partial charge in [0.25, 0.3) is 0 Å². The highest BCUT2D eigenvalue weighted by Crippen LogP contribution is 2.29. The molecule has 0 saturated carbocycles. The van der Waals surface area contributed by atoms with Crippen molar-refractivity contribution in [1.29, 1.82) is 0 Å². The molecule has 2 unspecified atom stereocenters. The Bertz CT molecular complexity index is 563. The van der Waals surface area contributed by atoms with Crippen LogP contribution in [-0.2, 0) is 10.0 Å². The molecule has 7 heteroatoms. The summed E-state index contributed by atoms with van der Waals surface area (Å²) in [5.74, 6) is 0. The molecule has 0 spiro atoms. The van der Waals surface area contributed by atoms with Crippen LogP contribution in [0.5, 0.6) is 0 Å². The molecule has 106 valence electrons. The Morgan fingerprint density at radius 3 is 2.79 bits per heavy atom. The molecule has 0 amide bonds. The number of nitrogens with one attached hydrogen (secondary N) is 2. The molecular weight excluding hydrogens is 307 g/mol. The van der Waals surface area contributed by atoms with Crippen molar-refractivity contribution in [3.63, 3.8) is 0 Å². The molecule has 1 aliphatic heterocycles. The van der Waals surface area contributed by atoms with E-state index < -0.39 is 10.0 Å². The molecule has 19 heavy (non-hydrogen) atoms. The average Bonchev–Trinajstić information content (AvgIpc) is 2.32. The van der Waals surface area contributed by atoms with Gasteiger partial charge in [-0.25, -0.2) is 13.1 Å². The van der Waals surface area contributed by atoms with Crippen LogP contribution < -0.4 is 10.0 Å². The maximum absolute atomic E-state index is 12.3. The molecule has 1 aliphatic rings. The van der Waals surface area contributed by atoms with E-state index in [4.69, 9.17) is 23.2 Å². The van der Waals surface area contributed by atoms with Crippen molar-refractivity contribution < 1.29 is 8.42 Å². The van der Waals surface area contributed by atoms with E-state index in [1.165, 1.54) is 6.07 Å². The molecule has 0 aliphatic carbocycles. The second-order valence-electron chi connectivity index (χ2n) is 4.75. The van der Waals surface area contributed by atoms with Gasteiger partial charge in [0, 0.05) is 12.1 Å². The van der Waals surface area contributed by atoms with Gasteiger partial charge in [0.2, 0.25) is 10.0 Å². The monoisotopic (exact) mass is 322 g/mol. The summed E-state index contributed by atoms with van der Waals surface area (Å²) in [7, 11) is -3.63. The van der Waals surface area contributed by atoms with Gasteiger partial charge in [0.15, 0.2) is 0 Å². The second kappa shape index (κ2) is 5.97. The number of hydrogen-bond acceptors (Lipinski definition) is 3. The Balaban J connectivity index is 2.20. The van der Waals surface area contributed by atoms with E-state index >= 15 is 0 Å². The van der Waals surface area contributed by atoms with E-state index in [2.05, 4.69) is 10.0 Å². The maximum Gasteiger partial charge on any atom is 0.242 e. The summed E-state index contributed by atoms with van der Waals surface area (Å²) in [6.45, 7) is 2.84. The SMILES string of the molecule is CC1CC(NS(=O)(=O)c2cccc(Cl)c2Cl)CCN1. The van der Waals surface area contributed by atoms with Crippen LogP contribution in [0.2, 0.25) is 10.0 Å². The topological polar surface area (TPSA) is 58.2 Å². The first-order chi connectivity index (χ1) is 8.90. The van der Waals surface area contributed by atoms with Crippen molar-refractivity contribution in [1.82, 2.24) is 10.0 Å². The lowest BCUT2D eigenvalue weighted by Crippen LogP contribution is -2.46. The van der Waals surface area contributed by atoms with Crippen LogP contribution in [0.15, 0.2) is 23.1 Å². The van der Waals surface area contributed by atoms with Crippen LogP contribution in [0.25, 0.3) is 0 Å². The first-order valence-electron chi connectivity index (χ1n) is 6.10. The zero-order chi connectivity index (χ0) is 14.0. The van der Waals surface area contributed by atoms with Crippen LogP contribution in [0.1, 0.15) is 19.8 Å². The summed E-state index contributed by atoms with van der Waals surface area (Å²) in [4.78, 5) is 0.0350. The fourth-order valence-corrected chi connectivity index (χ4v) is 4.26. The zero-order valence-corrected chi connectivity index (χ0v) is 12.8. The highest BCUT2D eigenvalue weighted by molar-refractivity contribution is 7.89. The van der Waals surface area contributed by atoms with E-state index in [-0.39, 0.29) is 21.0 Å². The molecule has 1 fully saturated rings. The number of sulfonamides is 1. The molecule has 0 aromatic heterocycles. The van der Waals surface area contributed by atoms with Crippen molar-refractivity contribution >= 4 is 33.2 Å². The van der Waals surface area contributed by atoms with Gasteiger partial charge < -0.3 is 5.32 Å². The van der Waals surface area contributed by atoms with E-state index in [1.807, 2.05) is 6.92 Å². The highest BCUT2D eigenvalue weighted by atomic mass is 35.5. The lowest BCUT2D eigenvalue weighted by molar-refractivity contribution is 0.361. The summed E-state index contributed by atoms with van der Waals surface area (Å²) < 4.78 is 27.3. The van der Waals surface area contributed by atoms with Gasteiger partial charge in [-0.1, -0.05) is 29.3 Å². The number of hydrogen-bond donors (Lipinski definition) is 2. The number of halogens is 2. The third-order valence-electron chi connectivity index (χ3n) is 3.15. The maximum atomic E-state index is 12.3. The van der Waals surface area contributed by atoms with Crippen molar-refractivity contribution in [2.24, 2.45) is 0 Å². The summed E-state index contributed by atoms with van der Waals surface area (Å²) in [5.41, 5.74) is 0. The number of rotatable bonds is 3. The van der Waals surface area contributed by atoms with Crippen LogP contribution >= 0.6 is 23.2 Å². The molecule has 1 saturated heterocycles. The highest BCUT2D eigenvalue weighted by Gasteiger charge is 2.26. The van der Waals surface area contributed by atoms with Gasteiger partial charge in [-0.15, -0.1) is 0 Å². The van der Waals surface area contributed by atoms with Crippen molar-refractivity contribution in [3.05, 3.63) is 28.2 Å².